The minimum atomic E-state index is -7.19. The molecule has 0 radical (unpaired) electrons. The molecule has 0 fully saturated rings. The van der Waals surface area contributed by atoms with Crippen LogP contribution in [0.15, 0.2) is 140 Å². The number of hydrogen-bond donors (Lipinski definition) is 0. The van der Waals surface area contributed by atoms with Gasteiger partial charge in [-0.15, -0.1) is 0 Å². The van der Waals surface area contributed by atoms with Crippen molar-refractivity contribution in [2.45, 2.75) is 47.9 Å². The molecule has 0 spiro atoms. The Morgan fingerprint density at radius 1 is 0.543 bits per heavy atom. The van der Waals surface area contributed by atoms with E-state index in [4.69, 9.17) is 3.63 Å². The SMILES string of the molecule is O=C(OC(F)(F)C(F)(F)F)C(F)(C(F)(F)F)S(=O)(=O)OS(c1ccccc1)(c1ccccc1)c1ccc(Sc2ccccc2)cc1. The van der Waals surface area contributed by atoms with Crippen molar-refractivity contribution in [2.24, 2.45) is 0 Å². The summed E-state index contributed by atoms with van der Waals surface area (Å²) in [6, 6.07) is 27.3. The molecule has 1 unspecified atom stereocenters. The first-order valence-electron chi connectivity index (χ1n) is 12.5. The maximum atomic E-state index is 15.8. The Morgan fingerprint density at radius 3 is 1.35 bits per heavy atom. The molecule has 0 aliphatic rings. The normalized spacial score (nSPS) is 14.7. The van der Waals surface area contributed by atoms with E-state index >= 15 is 4.39 Å². The average Bonchev–Trinajstić information content (AvgIpc) is 3.00. The monoisotopic (exact) mass is 714 g/mol. The molecule has 17 heteroatoms. The number of rotatable bonds is 10. The summed E-state index contributed by atoms with van der Waals surface area (Å²) in [4.78, 5) is 13.0. The van der Waals surface area contributed by atoms with E-state index in [1.165, 1.54) is 96.7 Å². The quantitative estimate of drug-likeness (QED) is 0.121. The molecular formula is C29H19F9O5S3. The topological polar surface area (TPSA) is 69.7 Å². The van der Waals surface area contributed by atoms with Crippen LogP contribution in [0, 0.1) is 0 Å². The molecule has 246 valence electrons. The van der Waals surface area contributed by atoms with Gasteiger partial charge in [0.1, 0.15) is 0 Å². The fourth-order valence-electron chi connectivity index (χ4n) is 3.86. The van der Waals surface area contributed by atoms with E-state index in [0.717, 1.165) is 4.90 Å². The van der Waals surface area contributed by atoms with Gasteiger partial charge in [-0.1, -0.05) is 66.4 Å². The van der Waals surface area contributed by atoms with E-state index < -0.39 is 49.9 Å². The van der Waals surface area contributed by atoms with Crippen LogP contribution in [-0.4, -0.2) is 37.8 Å². The van der Waals surface area contributed by atoms with Crippen LogP contribution < -0.4 is 0 Å². The van der Waals surface area contributed by atoms with Crippen LogP contribution >= 0.6 is 22.1 Å². The third-order valence-corrected chi connectivity index (χ3v) is 12.4. The first kappa shape index (κ1) is 35.2. The Labute approximate surface area is 262 Å². The van der Waals surface area contributed by atoms with Gasteiger partial charge >= 0.3 is 39.5 Å². The van der Waals surface area contributed by atoms with E-state index in [0.29, 0.717) is 4.90 Å². The van der Waals surface area contributed by atoms with Gasteiger partial charge in [-0.3, -0.25) is 0 Å². The van der Waals surface area contributed by atoms with Gasteiger partial charge in [0, 0.05) is 24.5 Å². The lowest BCUT2D eigenvalue weighted by atomic mass is 10.3. The molecule has 1 atom stereocenters. The van der Waals surface area contributed by atoms with Crippen LogP contribution in [0.4, 0.5) is 39.5 Å². The number of carbonyl (C=O) groups is 1. The first-order chi connectivity index (χ1) is 21.3. The molecule has 4 aromatic rings. The zero-order chi connectivity index (χ0) is 34.0. The van der Waals surface area contributed by atoms with E-state index in [9.17, 15) is 48.3 Å². The maximum Gasteiger partial charge on any atom is 0.501 e. The Balaban J connectivity index is 1.94. The van der Waals surface area contributed by atoms with Gasteiger partial charge in [0.05, 0.1) is 0 Å². The summed E-state index contributed by atoms with van der Waals surface area (Å²) in [5, 5.41) is -6.54. The Bertz CT molecular complexity index is 1710. The lowest BCUT2D eigenvalue weighted by molar-refractivity contribution is -0.380. The maximum absolute atomic E-state index is 15.8. The highest BCUT2D eigenvalue weighted by atomic mass is 32.3. The van der Waals surface area contributed by atoms with Gasteiger partial charge in [-0.05, 0) is 71.0 Å². The van der Waals surface area contributed by atoms with Crippen molar-refractivity contribution in [1.29, 1.82) is 0 Å². The van der Waals surface area contributed by atoms with E-state index in [1.54, 1.807) is 30.3 Å². The fourth-order valence-corrected chi connectivity index (χ4v) is 10.0. The van der Waals surface area contributed by atoms with Crippen molar-refractivity contribution in [2.75, 3.05) is 0 Å². The van der Waals surface area contributed by atoms with Crippen LogP contribution in [0.1, 0.15) is 0 Å². The molecule has 4 aromatic carbocycles. The van der Waals surface area contributed by atoms with Gasteiger partial charge < -0.3 is 4.74 Å². The molecule has 0 aliphatic heterocycles. The molecule has 0 amide bonds. The van der Waals surface area contributed by atoms with Gasteiger partial charge in [0.2, 0.25) is 0 Å². The number of halogens is 9. The third-order valence-electron chi connectivity index (χ3n) is 6.00. The minimum absolute atomic E-state index is 0.174. The standard InChI is InChI=1S/C29H19F9O5S3/c30-26(27(31,32)33,25(39)42-29(37,38)28(34,35)36)46(40,41)43-45(22-12-6-2-7-13-22,23-14-8-3-9-15-23)24-18-16-21(17-19-24)44-20-10-4-1-5-11-20/h1-19H. The molecule has 46 heavy (non-hydrogen) atoms. The second kappa shape index (κ2) is 12.8. The number of esters is 1. The molecule has 0 N–H and O–H groups in total. The molecular weight excluding hydrogens is 695 g/mol. The molecule has 0 saturated carbocycles. The van der Waals surface area contributed by atoms with Crippen LogP contribution in [0.3, 0.4) is 0 Å². The van der Waals surface area contributed by atoms with Gasteiger partial charge in [0.25, 0.3) is 0 Å². The zero-order valence-corrected chi connectivity index (χ0v) is 25.1. The minimum Gasteiger partial charge on any atom is -0.390 e. The zero-order valence-electron chi connectivity index (χ0n) is 22.6. The van der Waals surface area contributed by atoms with Crippen LogP contribution in [0.2, 0.25) is 0 Å². The van der Waals surface area contributed by atoms with Crippen LogP contribution in [0.25, 0.3) is 0 Å². The summed E-state index contributed by atoms with van der Waals surface area (Å²) in [7, 11) is -11.3. The Hall–Kier alpha value is -3.67. The lowest BCUT2D eigenvalue weighted by Gasteiger charge is -2.41. The predicted molar refractivity (Wildman–Crippen MR) is 149 cm³/mol. The van der Waals surface area contributed by atoms with Crippen LogP contribution in [-0.2, 0) is 23.3 Å². The highest BCUT2D eigenvalue weighted by Gasteiger charge is 2.77. The summed E-state index contributed by atoms with van der Waals surface area (Å²) >= 11 is 1.25. The predicted octanol–water partition coefficient (Wildman–Crippen LogP) is 9.31. The smallest absolute Gasteiger partial charge is 0.390 e. The summed E-state index contributed by atoms with van der Waals surface area (Å²) < 4.78 is 157. The number of alkyl halides is 9. The molecule has 5 nitrogen and oxygen atoms in total. The van der Waals surface area contributed by atoms with E-state index in [1.807, 2.05) is 0 Å². The van der Waals surface area contributed by atoms with Crippen molar-refractivity contribution >= 4 is 38.2 Å². The van der Waals surface area contributed by atoms with E-state index in [2.05, 4.69) is 4.74 Å². The Kier molecular flexibility index (Phi) is 9.83. The average molecular weight is 715 g/mol. The largest absolute Gasteiger partial charge is 0.501 e. The summed E-state index contributed by atoms with van der Waals surface area (Å²) in [6.07, 6.45) is -20.5. The number of benzene rings is 4. The second-order valence-electron chi connectivity index (χ2n) is 9.09. The number of hydrogen-bond acceptors (Lipinski definition) is 6. The Morgan fingerprint density at radius 2 is 0.935 bits per heavy atom. The molecule has 4 rings (SSSR count). The fraction of sp³-hybridized carbons (Fsp3) is 0.138. The summed E-state index contributed by atoms with van der Waals surface area (Å²) in [5.41, 5.74) is 0. The van der Waals surface area contributed by atoms with Crippen molar-refractivity contribution < 1.29 is 61.1 Å². The van der Waals surface area contributed by atoms with Crippen molar-refractivity contribution in [3.63, 3.8) is 0 Å². The van der Waals surface area contributed by atoms with Crippen molar-refractivity contribution in [1.82, 2.24) is 0 Å². The number of ether oxygens (including phenoxy) is 1. The van der Waals surface area contributed by atoms with Gasteiger partial charge in [-0.25, -0.2) is 12.8 Å². The lowest BCUT2D eigenvalue weighted by Crippen LogP contribution is -2.58. The van der Waals surface area contributed by atoms with Gasteiger partial charge in [0.15, 0.2) is 0 Å². The molecule has 0 aliphatic carbocycles. The van der Waals surface area contributed by atoms with Gasteiger partial charge in [-0.2, -0.15) is 43.5 Å². The summed E-state index contributed by atoms with van der Waals surface area (Å²) in [5.74, 6) is -4.11. The van der Waals surface area contributed by atoms with Crippen molar-refractivity contribution in [3.8, 4) is 0 Å². The highest BCUT2D eigenvalue weighted by molar-refractivity contribution is 8.33. The molecule has 0 bridgehead atoms. The van der Waals surface area contributed by atoms with E-state index in [-0.39, 0.29) is 14.7 Å². The first-order valence-corrected chi connectivity index (χ1v) is 16.3. The molecule has 0 heterocycles. The molecule has 0 saturated heterocycles. The highest BCUT2D eigenvalue weighted by Crippen LogP contribution is 2.71. The van der Waals surface area contributed by atoms with Crippen LogP contribution in [0.5, 0.6) is 0 Å². The number of carbonyl (C=O) groups excluding carboxylic acids is 1. The second-order valence-corrected chi connectivity index (χ2v) is 14.8. The van der Waals surface area contributed by atoms with Crippen molar-refractivity contribution in [3.05, 3.63) is 115 Å². The third kappa shape index (κ3) is 6.72. The molecule has 0 aromatic heterocycles. The summed E-state index contributed by atoms with van der Waals surface area (Å²) in [6.45, 7) is 0.